The van der Waals surface area contributed by atoms with E-state index in [0.29, 0.717) is 45.0 Å². The highest BCUT2D eigenvalue weighted by atomic mass is 16.5. The van der Waals surface area contributed by atoms with Crippen molar-refractivity contribution >= 4 is 11.8 Å². The predicted octanol–water partition coefficient (Wildman–Crippen LogP) is 2.88. The van der Waals surface area contributed by atoms with E-state index in [1.165, 1.54) is 7.11 Å². The van der Waals surface area contributed by atoms with Crippen LogP contribution in [0.3, 0.4) is 0 Å². The molecule has 9 nitrogen and oxygen atoms in total. The van der Waals surface area contributed by atoms with Crippen LogP contribution in [0.1, 0.15) is 36.8 Å². The molecule has 2 saturated heterocycles. The van der Waals surface area contributed by atoms with Gasteiger partial charge in [0.25, 0.3) is 0 Å². The minimum absolute atomic E-state index is 0.0231. The summed E-state index contributed by atoms with van der Waals surface area (Å²) in [6.45, 7) is 6.50. The minimum Gasteiger partial charge on any atom is -0.494 e. The molecule has 9 heteroatoms. The number of benzene rings is 2. The first-order valence-electron chi connectivity index (χ1n) is 14.2. The molecular formula is C31H43N3O6. The van der Waals surface area contributed by atoms with E-state index in [9.17, 15) is 14.7 Å². The van der Waals surface area contributed by atoms with E-state index in [1.807, 2.05) is 60.4 Å². The first-order chi connectivity index (χ1) is 19.3. The van der Waals surface area contributed by atoms with Crippen LogP contribution >= 0.6 is 0 Å². The molecule has 2 fully saturated rings. The molecule has 218 valence electrons. The number of carbonyl (C=O) groups excluding carboxylic acids is 2. The largest absolute Gasteiger partial charge is 0.494 e. The maximum absolute atomic E-state index is 12.7. The third-order valence-corrected chi connectivity index (χ3v) is 7.43. The Morgan fingerprint density at radius 2 is 1.68 bits per heavy atom. The molecule has 1 atom stereocenters. The fraction of sp³-hybridized carbons (Fsp3) is 0.548. The molecule has 2 aromatic carbocycles. The summed E-state index contributed by atoms with van der Waals surface area (Å²) in [7, 11) is 1.50. The number of amides is 2. The summed E-state index contributed by atoms with van der Waals surface area (Å²) in [5.74, 6) is 1.58. The fourth-order valence-corrected chi connectivity index (χ4v) is 5.24. The summed E-state index contributed by atoms with van der Waals surface area (Å²) in [5.41, 5.74) is 0.974. The van der Waals surface area contributed by atoms with Crippen LogP contribution in [0.4, 0.5) is 0 Å². The number of hydrogen-bond donors (Lipinski definition) is 1. The third kappa shape index (κ3) is 8.94. The molecule has 0 unspecified atom stereocenters. The van der Waals surface area contributed by atoms with Gasteiger partial charge in [0.2, 0.25) is 11.8 Å². The van der Waals surface area contributed by atoms with Crippen molar-refractivity contribution in [1.29, 1.82) is 0 Å². The van der Waals surface area contributed by atoms with Crippen molar-refractivity contribution in [3.8, 4) is 11.5 Å². The van der Waals surface area contributed by atoms with Gasteiger partial charge in [0.1, 0.15) is 30.3 Å². The molecule has 2 amide bonds. The van der Waals surface area contributed by atoms with Gasteiger partial charge in [0, 0.05) is 52.8 Å². The molecule has 0 saturated carbocycles. The fourth-order valence-electron chi connectivity index (χ4n) is 5.24. The van der Waals surface area contributed by atoms with Gasteiger partial charge in [-0.1, -0.05) is 29.8 Å². The standard InChI is InChI=1S/C31H43N3O6/c1-25-7-11-28(12-8-25)40-24-31(37)22-32(17-18-34(23-31)30(36)21-38-2)20-26-9-13-27(14-10-26)39-19-5-16-33-15-4-3-6-29(33)35/h7-14,37H,3-6,15-24H2,1-2H3/t31-/m1/s1. The lowest BCUT2D eigenvalue weighted by atomic mass is 10.0. The number of piperidine rings is 1. The highest BCUT2D eigenvalue weighted by Gasteiger charge is 2.37. The number of nitrogens with zero attached hydrogens (tertiary/aromatic N) is 3. The predicted molar refractivity (Wildman–Crippen MR) is 152 cm³/mol. The Morgan fingerprint density at radius 3 is 2.40 bits per heavy atom. The second-order valence-corrected chi connectivity index (χ2v) is 11.0. The van der Waals surface area contributed by atoms with Crippen LogP contribution in [-0.4, -0.2) is 103 Å². The number of hydrogen-bond acceptors (Lipinski definition) is 7. The highest BCUT2D eigenvalue weighted by Crippen LogP contribution is 2.21. The number of carbonyl (C=O) groups is 2. The Kier molecular flexibility index (Phi) is 10.8. The van der Waals surface area contributed by atoms with Crippen LogP contribution < -0.4 is 9.47 Å². The first kappa shape index (κ1) is 29.8. The van der Waals surface area contributed by atoms with Crippen molar-refractivity contribution in [3.05, 3.63) is 59.7 Å². The van der Waals surface area contributed by atoms with Gasteiger partial charge in [-0.05, 0) is 56.0 Å². The molecule has 1 N–H and O–H groups in total. The number of likely N-dealkylation sites (tertiary alicyclic amines) is 1. The molecular weight excluding hydrogens is 510 g/mol. The van der Waals surface area contributed by atoms with Crippen LogP contribution in [0.15, 0.2) is 48.5 Å². The van der Waals surface area contributed by atoms with E-state index >= 15 is 0 Å². The monoisotopic (exact) mass is 553 g/mol. The summed E-state index contributed by atoms with van der Waals surface area (Å²) < 4.78 is 16.9. The zero-order chi connectivity index (χ0) is 28.4. The Balaban J connectivity index is 1.32. The Hall–Kier alpha value is -3.14. The average molecular weight is 554 g/mol. The quantitative estimate of drug-likeness (QED) is 0.404. The molecule has 0 radical (unpaired) electrons. The second kappa shape index (κ2) is 14.5. The van der Waals surface area contributed by atoms with Crippen LogP contribution in [0, 0.1) is 6.92 Å². The van der Waals surface area contributed by atoms with E-state index in [2.05, 4.69) is 4.90 Å². The third-order valence-electron chi connectivity index (χ3n) is 7.43. The molecule has 2 heterocycles. The van der Waals surface area contributed by atoms with Gasteiger partial charge in [-0.15, -0.1) is 0 Å². The molecule has 2 aliphatic rings. The van der Waals surface area contributed by atoms with Crippen molar-refractivity contribution in [2.45, 2.75) is 44.8 Å². The zero-order valence-corrected chi connectivity index (χ0v) is 23.8. The number of rotatable bonds is 12. The van der Waals surface area contributed by atoms with Gasteiger partial charge in [-0.2, -0.15) is 0 Å². The smallest absolute Gasteiger partial charge is 0.248 e. The number of ether oxygens (including phenoxy) is 3. The molecule has 40 heavy (non-hydrogen) atoms. The van der Waals surface area contributed by atoms with Gasteiger partial charge < -0.3 is 29.1 Å². The van der Waals surface area contributed by atoms with Gasteiger partial charge in [-0.3, -0.25) is 14.5 Å². The number of β-amino-alcohol motifs (C(OH)–C–C–N with tert-alkyl or cyclic N) is 1. The van der Waals surface area contributed by atoms with E-state index < -0.39 is 5.60 Å². The van der Waals surface area contributed by atoms with Crippen LogP contribution in [0.2, 0.25) is 0 Å². The minimum atomic E-state index is -1.25. The summed E-state index contributed by atoms with van der Waals surface area (Å²) >= 11 is 0. The Bertz CT molecular complexity index is 1090. The molecule has 0 bridgehead atoms. The lowest BCUT2D eigenvalue weighted by Crippen LogP contribution is -2.52. The SMILES string of the molecule is COCC(=O)N1CCN(Cc2ccc(OCCCN3CCCCC3=O)cc2)C[C@](O)(COc2ccc(C)cc2)C1. The number of aryl methyl sites for hydroxylation is 1. The number of aliphatic hydroxyl groups is 1. The molecule has 4 rings (SSSR count). The van der Waals surface area contributed by atoms with Gasteiger partial charge in [0.05, 0.1) is 13.2 Å². The molecule has 0 aliphatic carbocycles. The van der Waals surface area contributed by atoms with Crippen molar-refractivity contribution in [2.24, 2.45) is 0 Å². The van der Waals surface area contributed by atoms with Crippen molar-refractivity contribution in [3.63, 3.8) is 0 Å². The van der Waals surface area contributed by atoms with Crippen molar-refractivity contribution in [2.75, 3.05) is 66.2 Å². The molecule has 0 spiro atoms. The summed E-state index contributed by atoms with van der Waals surface area (Å²) in [6.07, 6.45) is 3.56. The Morgan fingerprint density at radius 1 is 0.950 bits per heavy atom. The molecule has 0 aromatic heterocycles. The van der Waals surface area contributed by atoms with E-state index in [0.717, 1.165) is 49.2 Å². The molecule has 2 aliphatic heterocycles. The second-order valence-electron chi connectivity index (χ2n) is 11.0. The van der Waals surface area contributed by atoms with Crippen LogP contribution in [-0.2, 0) is 20.9 Å². The maximum Gasteiger partial charge on any atom is 0.248 e. The summed E-state index contributed by atoms with van der Waals surface area (Å²) in [5, 5.41) is 11.6. The average Bonchev–Trinajstić information content (AvgIpc) is 3.11. The van der Waals surface area contributed by atoms with Gasteiger partial charge in [0.15, 0.2) is 0 Å². The Labute approximate surface area is 237 Å². The lowest BCUT2D eigenvalue weighted by Gasteiger charge is -2.33. The van der Waals surface area contributed by atoms with Crippen LogP contribution in [0.5, 0.6) is 11.5 Å². The van der Waals surface area contributed by atoms with Crippen molar-refractivity contribution in [1.82, 2.24) is 14.7 Å². The molecule has 2 aromatic rings. The van der Waals surface area contributed by atoms with Gasteiger partial charge >= 0.3 is 0 Å². The van der Waals surface area contributed by atoms with E-state index in [-0.39, 0.29) is 31.6 Å². The zero-order valence-electron chi connectivity index (χ0n) is 23.8. The highest BCUT2D eigenvalue weighted by molar-refractivity contribution is 5.77. The lowest BCUT2D eigenvalue weighted by molar-refractivity contribution is -0.138. The number of methoxy groups -OCH3 is 1. The summed E-state index contributed by atoms with van der Waals surface area (Å²) in [6, 6.07) is 15.7. The van der Waals surface area contributed by atoms with Crippen molar-refractivity contribution < 1.29 is 28.9 Å². The topological polar surface area (TPSA) is 91.8 Å². The summed E-state index contributed by atoms with van der Waals surface area (Å²) in [4.78, 5) is 30.4. The maximum atomic E-state index is 12.7. The van der Waals surface area contributed by atoms with Gasteiger partial charge in [-0.25, -0.2) is 0 Å². The van der Waals surface area contributed by atoms with E-state index in [1.54, 1.807) is 4.90 Å². The van der Waals surface area contributed by atoms with Crippen LogP contribution in [0.25, 0.3) is 0 Å². The van der Waals surface area contributed by atoms with E-state index in [4.69, 9.17) is 14.2 Å². The first-order valence-corrected chi connectivity index (χ1v) is 14.2. The normalized spacial score (nSPS) is 20.3.